The van der Waals surface area contributed by atoms with Crippen LogP contribution in [0.2, 0.25) is 0 Å². The summed E-state index contributed by atoms with van der Waals surface area (Å²) in [5.74, 6) is -0.718. The number of fused-ring (bicyclic) bond motifs is 2. The Balaban J connectivity index is 1.40. The normalized spacial score (nSPS) is 20.7. The van der Waals surface area contributed by atoms with E-state index >= 15 is 0 Å². The minimum absolute atomic E-state index is 0.117. The molecule has 9 heteroatoms. The zero-order chi connectivity index (χ0) is 20.6. The summed E-state index contributed by atoms with van der Waals surface area (Å²) in [4.78, 5) is 28.5. The number of carbonyl (C=O) groups excluding carboxylic acids is 2. The molecule has 1 amide bonds. The molecule has 1 atom stereocenters. The van der Waals surface area contributed by atoms with Crippen molar-refractivity contribution in [3.63, 3.8) is 0 Å². The molecule has 4 rings (SSSR count). The highest BCUT2D eigenvalue weighted by atomic mass is 32.2. The van der Waals surface area contributed by atoms with Gasteiger partial charge in [0.1, 0.15) is 5.84 Å². The Kier molecular flexibility index (Phi) is 4.99. The molecule has 0 aliphatic carbocycles. The second-order valence-electron chi connectivity index (χ2n) is 7.17. The maximum Gasteiger partial charge on any atom is 0.340 e. The maximum absolute atomic E-state index is 12.7. The first-order valence-electron chi connectivity index (χ1n) is 9.38. The minimum atomic E-state index is -3.46. The number of esters is 1. The van der Waals surface area contributed by atoms with Crippen molar-refractivity contribution in [3.8, 4) is 0 Å². The predicted molar refractivity (Wildman–Crippen MR) is 106 cm³/mol. The molecule has 152 valence electrons. The zero-order valence-corrected chi connectivity index (χ0v) is 16.8. The molecule has 0 radical (unpaired) electrons. The monoisotopic (exact) mass is 415 g/mol. The van der Waals surface area contributed by atoms with Gasteiger partial charge in [-0.25, -0.2) is 13.2 Å². The Morgan fingerprint density at radius 3 is 2.69 bits per heavy atom. The number of carbonyl (C=O) groups is 2. The summed E-state index contributed by atoms with van der Waals surface area (Å²) in [6.07, 6.45) is 4.27. The molecule has 3 heterocycles. The Hall–Kier alpha value is -2.94. The highest BCUT2D eigenvalue weighted by Gasteiger charge is 2.29. The van der Waals surface area contributed by atoms with Crippen LogP contribution in [0.15, 0.2) is 52.6 Å². The number of hydrogen-bond acceptors (Lipinski definition) is 6. The van der Waals surface area contributed by atoms with Crippen molar-refractivity contribution < 1.29 is 22.7 Å². The van der Waals surface area contributed by atoms with Crippen LogP contribution < -0.4 is 0 Å². The second kappa shape index (κ2) is 7.47. The number of benzene rings is 1. The fourth-order valence-electron chi connectivity index (χ4n) is 3.54. The van der Waals surface area contributed by atoms with E-state index in [1.165, 1.54) is 23.9 Å². The van der Waals surface area contributed by atoms with Crippen LogP contribution in [0.25, 0.3) is 0 Å². The molecule has 1 unspecified atom stereocenters. The van der Waals surface area contributed by atoms with Gasteiger partial charge in [0.2, 0.25) is 0 Å². The van der Waals surface area contributed by atoms with Crippen molar-refractivity contribution in [1.82, 2.24) is 9.80 Å². The van der Waals surface area contributed by atoms with Gasteiger partial charge in [-0.05, 0) is 36.6 Å². The van der Waals surface area contributed by atoms with Gasteiger partial charge in [-0.15, -0.1) is 4.40 Å². The van der Waals surface area contributed by atoms with Crippen molar-refractivity contribution in [1.29, 1.82) is 0 Å². The molecule has 0 saturated heterocycles. The first-order valence-corrected chi connectivity index (χ1v) is 11.0. The molecule has 0 fully saturated rings. The van der Waals surface area contributed by atoms with Crippen LogP contribution in [0.5, 0.6) is 0 Å². The second-order valence-corrected chi connectivity index (χ2v) is 8.93. The number of hydrogen-bond donors (Lipinski definition) is 0. The van der Waals surface area contributed by atoms with E-state index in [9.17, 15) is 18.0 Å². The van der Waals surface area contributed by atoms with Gasteiger partial charge in [-0.3, -0.25) is 4.79 Å². The predicted octanol–water partition coefficient (Wildman–Crippen LogP) is 1.00. The Morgan fingerprint density at radius 2 is 1.90 bits per heavy atom. The molecule has 0 bridgehead atoms. The Morgan fingerprint density at radius 1 is 1.14 bits per heavy atom. The third-order valence-corrected chi connectivity index (χ3v) is 6.30. The van der Waals surface area contributed by atoms with Crippen LogP contribution in [-0.2, 0) is 37.3 Å². The number of ether oxygens (including phenoxy) is 1. The number of amidine groups is 1. The standard InChI is InChI=1S/C20H21N3O5S/c1-14(19(24)23-9-8-15-4-2-3-5-16(15)12-23)28-20(25)17-6-7-18-21-29(26,27)11-10-22(18)13-17/h2-7,13-14H,8-12H2,1H3. The minimum Gasteiger partial charge on any atom is -0.449 e. The van der Waals surface area contributed by atoms with E-state index in [4.69, 9.17) is 4.74 Å². The van der Waals surface area contributed by atoms with E-state index in [0.717, 1.165) is 12.0 Å². The van der Waals surface area contributed by atoms with Crippen molar-refractivity contribution in [2.75, 3.05) is 18.8 Å². The molecular formula is C20H21N3O5S. The summed E-state index contributed by atoms with van der Waals surface area (Å²) in [6.45, 7) is 2.86. The van der Waals surface area contributed by atoms with Crippen molar-refractivity contribution in [2.45, 2.75) is 26.0 Å². The molecule has 29 heavy (non-hydrogen) atoms. The van der Waals surface area contributed by atoms with Crippen LogP contribution in [0.3, 0.4) is 0 Å². The van der Waals surface area contributed by atoms with Crippen LogP contribution in [0.1, 0.15) is 18.1 Å². The van der Waals surface area contributed by atoms with Gasteiger partial charge in [-0.1, -0.05) is 24.3 Å². The molecule has 0 N–H and O–H groups in total. The van der Waals surface area contributed by atoms with Gasteiger partial charge in [0, 0.05) is 25.8 Å². The lowest BCUT2D eigenvalue weighted by Crippen LogP contribution is -2.43. The molecule has 1 aromatic rings. The Bertz CT molecular complexity index is 1060. The molecule has 1 aromatic carbocycles. The van der Waals surface area contributed by atoms with E-state index in [-0.39, 0.29) is 29.6 Å². The fourth-order valence-corrected chi connectivity index (χ4v) is 4.51. The molecule has 0 aromatic heterocycles. The molecule has 0 saturated carbocycles. The molecule has 3 aliphatic rings. The van der Waals surface area contributed by atoms with Crippen LogP contribution >= 0.6 is 0 Å². The van der Waals surface area contributed by atoms with E-state index in [0.29, 0.717) is 13.1 Å². The summed E-state index contributed by atoms with van der Waals surface area (Å²) in [5.41, 5.74) is 2.59. The van der Waals surface area contributed by atoms with Crippen LogP contribution in [0.4, 0.5) is 0 Å². The van der Waals surface area contributed by atoms with Gasteiger partial charge in [0.05, 0.1) is 11.3 Å². The van der Waals surface area contributed by atoms with E-state index in [2.05, 4.69) is 10.5 Å². The van der Waals surface area contributed by atoms with Crippen molar-refractivity contribution in [3.05, 3.63) is 59.3 Å². The topological polar surface area (TPSA) is 96.3 Å². The highest BCUT2D eigenvalue weighted by Crippen LogP contribution is 2.21. The summed E-state index contributed by atoms with van der Waals surface area (Å²) in [5, 5.41) is 0. The molecule has 3 aliphatic heterocycles. The first kappa shape index (κ1) is 19.4. The smallest absolute Gasteiger partial charge is 0.340 e. The lowest BCUT2D eigenvalue weighted by atomic mass is 9.99. The SMILES string of the molecule is CC(OC(=O)C1=CN2CCS(=O)(=O)N=C2C=C1)C(=O)N1CCc2ccccc2C1. The number of amides is 1. The van der Waals surface area contributed by atoms with E-state index < -0.39 is 22.1 Å². The summed E-state index contributed by atoms with van der Waals surface area (Å²) in [7, 11) is -3.46. The maximum atomic E-state index is 12.7. The van der Waals surface area contributed by atoms with Crippen molar-refractivity contribution in [2.24, 2.45) is 4.40 Å². The number of nitrogens with zero attached hydrogens (tertiary/aromatic N) is 3. The lowest BCUT2D eigenvalue weighted by Gasteiger charge is -2.31. The average molecular weight is 415 g/mol. The van der Waals surface area contributed by atoms with Gasteiger partial charge in [0.25, 0.3) is 15.9 Å². The van der Waals surface area contributed by atoms with Gasteiger partial charge in [0.15, 0.2) is 6.10 Å². The van der Waals surface area contributed by atoms with Crippen LogP contribution in [0, 0.1) is 0 Å². The van der Waals surface area contributed by atoms with Crippen LogP contribution in [-0.4, -0.2) is 60.9 Å². The molecule has 0 spiro atoms. The zero-order valence-electron chi connectivity index (χ0n) is 15.9. The highest BCUT2D eigenvalue weighted by molar-refractivity contribution is 7.90. The number of rotatable bonds is 3. The molecule has 8 nitrogen and oxygen atoms in total. The first-order chi connectivity index (χ1) is 13.8. The van der Waals surface area contributed by atoms with E-state index in [1.54, 1.807) is 16.7 Å². The third kappa shape index (κ3) is 4.09. The summed E-state index contributed by atoms with van der Waals surface area (Å²) in [6, 6.07) is 7.99. The van der Waals surface area contributed by atoms with Crippen molar-refractivity contribution >= 4 is 27.7 Å². The largest absolute Gasteiger partial charge is 0.449 e. The van der Waals surface area contributed by atoms with Gasteiger partial charge in [-0.2, -0.15) is 0 Å². The fraction of sp³-hybridized carbons (Fsp3) is 0.350. The summed E-state index contributed by atoms with van der Waals surface area (Å²) >= 11 is 0. The van der Waals surface area contributed by atoms with Gasteiger partial charge >= 0.3 is 5.97 Å². The Labute approximate surface area is 169 Å². The average Bonchev–Trinajstić information content (AvgIpc) is 2.71. The summed E-state index contributed by atoms with van der Waals surface area (Å²) < 4.78 is 32.2. The van der Waals surface area contributed by atoms with Gasteiger partial charge < -0.3 is 14.5 Å². The lowest BCUT2D eigenvalue weighted by molar-refractivity contribution is -0.156. The molecular weight excluding hydrogens is 394 g/mol. The third-order valence-electron chi connectivity index (χ3n) is 5.13. The quantitative estimate of drug-likeness (QED) is 0.684. The van der Waals surface area contributed by atoms with E-state index in [1.807, 2.05) is 18.2 Å². The number of sulfonamides is 1.